The molecule has 5 nitrogen and oxygen atoms in total. The molecule has 3 aromatic carbocycles. The predicted molar refractivity (Wildman–Crippen MR) is 227 cm³/mol. The third-order valence-corrected chi connectivity index (χ3v) is 11.5. The molecule has 3 aliphatic rings. The number of hydrogen-bond acceptors (Lipinski definition) is 2. The van der Waals surface area contributed by atoms with Gasteiger partial charge in [-0.05, 0) is 74.1 Å². The van der Waals surface area contributed by atoms with Gasteiger partial charge in [0.15, 0.2) is 12.3 Å². The number of nitrogens with zero attached hydrogens (tertiary/aromatic N) is 4. The molecule has 0 unspecified atom stereocenters. The van der Waals surface area contributed by atoms with Crippen molar-refractivity contribution in [2.75, 3.05) is 78.7 Å². The SMILES string of the molecule is CC1(C)C(=CC=C2CCCC(C=CC3=[N+](CCC[N+](C)(C)C)c4ccccc4C3(C)C)=C2Nc2ccccc2)N(CCC[N+](C)(C)C)c2ccccc21. The van der Waals surface area contributed by atoms with Crippen LogP contribution in [-0.2, 0) is 10.8 Å². The average Bonchev–Trinajstić information content (AvgIpc) is 3.45. The molecular weight excluding hydrogens is 647 g/mol. The molecule has 0 fully saturated rings. The summed E-state index contributed by atoms with van der Waals surface area (Å²) in [5.41, 5.74) is 13.3. The number of para-hydroxylation sites is 3. The Balaban J connectivity index is 1.41. The first-order chi connectivity index (χ1) is 25.1. The van der Waals surface area contributed by atoms with Crippen molar-refractivity contribution in [1.82, 2.24) is 0 Å². The van der Waals surface area contributed by atoms with E-state index >= 15 is 0 Å². The van der Waals surface area contributed by atoms with Crippen LogP contribution in [-0.4, -0.2) is 87.7 Å². The molecule has 1 aliphatic carbocycles. The minimum absolute atomic E-state index is 0.0760. The molecule has 2 aliphatic heterocycles. The van der Waals surface area contributed by atoms with Crippen LogP contribution in [0.4, 0.5) is 17.1 Å². The molecule has 0 saturated carbocycles. The molecule has 0 atom stereocenters. The summed E-state index contributed by atoms with van der Waals surface area (Å²) in [5, 5.41) is 3.92. The summed E-state index contributed by atoms with van der Waals surface area (Å²) < 4.78 is 4.56. The zero-order valence-corrected chi connectivity index (χ0v) is 34.5. The summed E-state index contributed by atoms with van der Waals surface area (Å²) in [7, 11) is 13.8. The lowest BCUT2D eigenvalue weighted by molar-refractivity contribution is -0.871. The number of anilines is 2. The van der Waals surface area contributed by atoms with Crippen molar-refractivity contribution in [3.8, 4) is 0 Å². The molecule has 53 heavy (non-hydrogen) atoms. The molecule has 1 N–H and O–H groups in total. The van der Waals surface area contributed by atoms with Gasteiger partial charge in [0.05, 0.1) is 67.2 Å². The third kappa shape index (κ3) is 8.63. The third-order valence-electron chi connectivity index (χ3n) is 11.5. The first-order valence-electron chi connectivity index (χ1n) is 19.9. The minimum Gasteiger partial charge on any atom is -0.355 e. The van der Waals surface area contributed by atoms with Gasteiger partial charge < -0.3 is 19.2 Å². The van der Waals surface area contributed by atoms with Gasteiger partial charge in [0.2, 0.25) is 5.69 Å². The number of rotatable bonds is 13. The maximum atomic E-state index is 3.92. The van der Waals surface area contributed by atoms with Crippen molar-refractivity contribution in [2.24, 2.45) is 0 Å². The quantitative estimate of drug-likeness (QED) is 0.141. The Morgan fingerprint density at radius 1 is 0.698 bits per heavy atom. The van der Waals surface area contributed by atoms with E-state index in [1.807, 2.05) is 0 Å². The zero-order valence-electron chi connectivity index (χ0n) is 34.5. The smallest absolute Gasteiger partial charge is 0.209 e. The molecule has 0 aromatic heterocycles. The largest absolute Gasteiger partial charge is 0.355 e. The summed E-state index contributed by atoms with van der Waals surface area (Å²) in [5.74, 6) is 0. The normalized spacial score (nSPS) is 19.8. The number of allylic oxidation sites excluding steroid dienone is 7. The summed E-state index contributed by atoms with van der Waals surface area (Å²) in [4.78, 5) is 2.60. The molecule has 0 spiro atoms. The Bertz CT molecular complexity index is 1940. The highest BCUT2D eigenvalue weighted by Crippen LogP contribution is 2.48. The fraction of sp³-hybridized carbons (Fsp3) is 0.438. The van der Waals surface area contributed by atoms with E-state index in [0.29, 0.717) is 0 Å². The van der Waals surface area contributed by atoms with E-state index in [1.165, 1.54) is 50.8 Å². The van der Waals surface area contributed by atoms with Crippen LogP contribution in [0.2, 0.25) is 0 Å². The van der Waals surface area contributed by atoms with Gasteiger partial charge in [0.1, 0.15) is 0 Å². The molecule has 6 rings (SSSR count). The second kappa shape index (κ2) is 15.3. The van der Waals surface area contributed by atoms with Gasteiger partial charge in [-0.2, -0.15) is 4.58 Å². The Hall–Kier alpha value is -4.19. The Morgan fingerprint density at radius 3 is 2.06 bits per heavy atom. The number of fused-ring (bicyclic) bond motifs is 2. The fourth-order valence-corrected chi connectivity index (χ4v) is 8.61. The minimum atomic E-state index is -0.0760. The van der Waals surface area contributed by atoms with Crippen LogP contribution in [0.1, 0.15) is 70.9 Å². The second-order valence-corrected chi connectivity index (χ2v) is 18.5. The fourth-order valence-electron chi connectivity index (χ4n) is 8.61. The molecule has 2 heterocycles. The van der Waals surface area contributed by atoms with Crippen LogP contribution in [0, 0.1) is 0 Å². The van der Waals surface area contributed by atoms with E-state index in [2.05, 4.69) is 188 Å². The van der Waals surface area contributed by atoms with Crippen LogP contribution in [0.3, 0.4) is 0 Å². The molecule has 0 radical (unpaired) electrons. The Labute approximate surface area is 321 Å². The van der Waals surface area contributed by atoms with Gasteiger partial charge in [-0.25, -0.2) is 0 Å². The van der Waals surface area contributed by atoms with Crippen LogP contribution >= 0.6 is 0 Å². The van der Waals surface area contributed by atoms with E-state index < -0.39 is 0 Å². The topological polar surface area (TPSA) is 18.3 Å². The highest BCUT2D eigenvalue weighted by molar-refractivity contribution is 6.03. The molecule has 5 heteroatoms. The molecule has 280 valence electrons. The van der Waals surface area contributed by atoms with Gasteiger partial charge in [-0.15, -0.1) is 0 Å². The van der Waals surface area contributed by atoms with Gasteiger partial charge in [0, 0.05) is 58.9 Å². The summed E-state index contributed by atoms with van der Waals surface area (Å²) in [6, 6.07) is 28.8. The van der Waals surface area contributed by atoms with Gasteiger partial charge in [-0.3, -0.25) is 0 Å². The summed E-state index contributed by atoms with van der Waals surface area (Å²) in [6.45, 7) is 13.9. The number of quaternary nitrogens is 2. The first-order valence-corrected chi connectivity index (χ1v) is 19.9. The van der Waals surface area contributed by atoms with Crippen molar-refractivity contribution >= 4 is 22.8 Å². The standard InChI is InChI=1S/C48H65N5/c1-47(2)40-25-14-16-27-42(40)50(33-19-35-52(5,6)7)44(47)31-29-37-21-18-22-38(46(37)49-39-23-12-11-13-24-39)30-32-45-48(3,4)41-26-15-17-28-43(41)51(45)34-20-36-53(8,9)10/h11-17,23-32H,18-22,33-36H2,1-10H3/q+2/p+1. The van der Waals surface area contributed by atoms with Gasteiger partial charge in [0.25, 0.3) is 0 Å². The van der Waals surface area contributed by atoms with Gasteiger partial charge in [-0.1, -0.05) is 80.6 Å². The summed E-state index contributed by atoms with van der Waals surface area (Å²) >= 11 is 0. The highest BCUT2D eigenvalue weighted by Gasteiger charge is 2.44. The molecular formula is C48H66N5+3. The van der Waals surface area contributed by atoms with Crippen LogP contribution in [0.15, 0.2) is 126 Å². The lowest BCUT2D eigenvalue weighted by Gasteiger charge is -2.29. The number of benzene rings is 3. The van der Waals surface area contributed by atoms with Crippen LogP contribution in [0.25, 0.3) is 0 Å². The molecule has 0 saturated heterocycles. The average molecular weight is 713 g/mol. The van der Waals surface area contributed by atoms with E-state index in [4.69, 9.17) is 0 Å². The monoisotopic (exact) mass is 713 g/mol. The number of hydrogen-bond donors (Lipinski definition) is 1. The van der Waals surface area contributed by atoms with Crippen molar-refractivity contribution in [1.29, 1.82) is 0 Å². The van der Waals surface area contributed by atoms with E-state index in [9.17, 15) is 0 Å². The first kappa shape index (κ1) is 38.5. The van der Waals surface area contributed by atoms with Crippen LogP contribution < -0.4 is 10.2 Å². The van der Waals surface area contributed by atoms with Gasteiger partial charge >= 0.3 is 0 Å². The summed E-state index contributed by atoms with van der Waals surface area (Å²) in [6.07, 6.45) is 15.3. The number of nitrogens with one attached hydrogen (secondary N) is 1. The zero-order chi connectivity index (χ0) is 38.0. The predicted octanol–water partition coefficient (Wildman–Crippen LogP) is 9.97. The van der Waals surface area contributed by atoms with Crippen LogP contribution in [0.5, 0.6) is 0 Å². The van der Waals surface area contributed by atoms with Crippen molar-refractivity contribution < 1.29 is 13.5 Å². The van der Waals surface area contributed by atoms with Crippen molar-refractivity contribution in [3.05, 3.63) is 137 Å². The highest BCUT2D eigenvalue weighted by atomic mass is 15.3. The lowest BCUT2D eigenvalue weighted by Crippen LogP contribution is -2.37. The maximum absolute atomic E-state index is 3.92. The van der Waals surface area contributed by atoms with E-state index in [1.54, 1.807) is 0 Å². The lowest BCUT2D eigenvalue weighted by atomic mass is 9.81. The molecule has 0 bridgehead atoms. The molecule has 0 amide bonds. The van der Waals surface area contributed by atoms with Crippen molar-refractivity contribution in [3.63, 3.8) is 0 Å². The maximum Gasteiger partial charge on any atom is 0.209 e. The second-order valence-electron chi connectivity index (χ2n) is 18.5. The molecule has 3 aromatic rings. The Morgan fingerprint density at radius 2 is 1.34 bits per heavy atom. The van der Waals surface area contributed by atoms with E-state index in [-0.39, 0.29) is 10.8 Å². The Kier molecular flexibility index (Phi) is 11.1. The van der Waals surface area contributed by atoms with E-state index in [0.717, 1.165) is 72.9 Å². The van der Waals surface area contributed by atoms with Crippen molar-refractivity contribution in [2.45, 2.75) is 70.6 Å².